The summed E-state index contributed by atoms with van der Waals surface area (Å²) in [5, 5.41) is 9.03. The van der Waals surface area contributed by atoms with Crippen LogP contribution in [0.15, 0.2) is 48.5 Å². The lowest BCUT2D eigenvalue weighted by Crippen LogP contribution is -2.12. The molecular weight excluding hydrogens is 279 g/mol. The molecule has 6 heteroatoms. The van der Waals surface area contributed by atoms with Gasteiger partial charge in [0.25, 0.3) is 0 Å². The van der Waals surface area contributed by atoms with E-state index in [0.29, 0.717) is 5.75 Å². The van der Waals surface area contributed by atoms with Gasteiger partial charge in [0, 0.05) is 0 Å². The molecule has 0 heterocycles. The number of carbonyl (C=O) groups is 2. The van der Waals surface area contributed by atoms with Crippen molar-refractivity contribution in [2.24, 2.45) is 0 Å². The molecule has 0 amide bonds. The van der Waals surface area contributed by atoms with Crippen LogP contribution < -0.4 is 9.26 Å². The summed E-state index contributed by atoms with van der Waals surface area (Å²) in [5.74, 6) is -1.53. The second-order valence-electron chi connectivity index (χ2n) is 3.80. The van der Waals surface area contributed by atoms with Crippen molar-refractivity contribution >= 4 is 21.4 Å². The number of ether oxygens (including phenoxy) is 1. The number of carboxylic acid groups (broad SMARTS) is 1. The van der Waals surface area contributed by atoms with E-state index >= 15 is 0 Å². The maximum Gasteiger partial charge on any atom is 0.347 e. The standard InChI is InChI=1S/C14H11O5P/c15-13(16)9-5-1-3-7-11(9)18-14(17)10-6-2-4-8-12(10)19-20/h1-8H,20H2,(H,15,16). The lowest BCUT2D eigenvalue weighted by molar-refractivity contribution is 0.0681. The van der Waals surface area contributed by atoms with Crippen LogP contribution in [0.1, 0.15) is 20.7 Å². The van der Waals surface area contributed by atoms with Crippen LogP contribution in [0.2, 0.25) is 0 Å². The molecule has 0 saturated heterocycles. The first-order valence-electron chi connectivity index (χ1n) is 5.63. The quantitative estimate of drug-likeness (QED) is 0.532. The molecule has 1 N–H and O–H groups in total. The number of carboxylic acids is 1. The molecule has 5 nitrogen and oxygen atoms in total. The lowest BCUT2D eigenvalue weighted by atomic mass is 10.2. The van der Waals surface area contributed by atoms with Gasteiger partial charge in [0.05, 0.1) is 9.47 Å². The highest BCUT2D eigenvalue weighted by molar-refractivity contribution is 7.10. The number of benzene rings is 2. The molecule has 20 heavy (non-hydrogen) atoms. The minimum atomic E-state index is -1.16. The van der Waals surface area contributed by atoms with Crippen LogP contribution in [0.5, 0.6) is 11.5 Å². The molecule has 0 radical (unpaired) electrons. The first-order valence-corrected chi connectivity index (χ1v) is 6.11. The molecule has 0 bridgehead atoms. The van der Waals surface area contributed by atoms with Gasteiger partial charge < -0.3 is 14.4 Å². The van der Waals surface area contributed by atoms with Crippen molar-refractivity contribution in [1.29, 1.82) is 0 Å². The van der Waals surface area contributed by atoms with E-state index in [1.807, 2.05) is 9.47 Å². The van der Waals surface area contributed by atoms with Gasteiger partial charge in [-0.15, -0.1) is 0 Å². The lowest BCUT2D eigenvalue weighted by Gasteiger charge is -2.09. The highest BCUT2D eigenvalue weighted by atomic mass is 31.0. The molecule has 0 aliphatic carbocycles. The number of hydrogen-bond donors (Lipinski definition) is 1. The van der Waals surface area contributed by atoms with Gasteiger partial charge in [-0.2, -0.15) is 0 Å². The Morgan fingerprint density at radius 1 is 0.900 bits per heavy atom. The Morgan fingerprint density at radius 3 is 2.05 bits per heavy atom. The molecule has 2 aromatic rings. The average Bonchev–Trinajstić information content (AvgIpc) is 2.47. The number of para-hydroxylation sites is 2. The Balaban J connectivity index is 2.31. The second-order valence-corrected chi connectivity index (χ2v) is 4.04. The third-order valence-electron chi connectivity index (χ3n) is 2.55. The van der Waals surface area contributed by atoms with Gasteiger partial charge in [0.1, 0.15) is 22.6 Å². The second kappa shape index (κ2) is 6.17. The summed E-state index contributed by atoms with van der Waals surface area (Å²) in [4.78, 5) is 23.1. The highest BCUT2D eigenvalue weighted by Crippen LogP contribution is 2.24. The van der Waals surface area contributed by atoms with Gasteiger partial charge in [-0.25, -0.2) is 9.59 Å². The van der Waals surface area contributed by atoms with Gasteiger partial charge in [0.15, 0.2) is 0 Å². The summed E-state index contributed by atoms with van der Waals surface area (Å²) in [5.41, 5.74) is 0.132. The molecular formula is C14H11O5P. The van der Waals surface area contributed by atoms with Crippen molar-refractivity contribution in [3.8, 4) is 11.5 Å². The molecule has 0 spiro atoms. The molecule has 1 unspecified atom stereocenters. The zero-order valence-corrected chi connectivity index (χ0v) is 11.4. The summed E-state index contributed by atoms with van der Waals surface area (Å²) in [6.45, 7) is 0. The maximum absolute atomic E-state index is 12.1. The zero-order valence-electron chi connectivity index (χ0n) is 10.3. The summed E-state index contributed by atoms with van der Waals surface area (Å²) in [7, 11) is 2.04. The van der Waals surface area contributed by atoms with Crippen LogP contribution in [-0.2, 0) is 0 Å². The Kier molecular flexibility index (Phi) is 4.33. The van der Waals surface area contributed by atoms with Crippen molar-refractivity contribution in [2.75, 3.05) is 0 Å². The van der Waals surface area contributed by atoms with Crippen LogP contribution in [0.4, 0.5) is 0 Å². The van der Waals surface area contributed by atoms with E-state index in [0.717, 1.165) is 0 Å². The Labute approximate surface area is 117 Å². The molecule has 2 aromatic carbocycles. The molecule has 0 aliphatic heterocycles. The van der Waals surface area contributed by atoms with Gasteiger partial charge in [-0.3, -0.25) is 0 Å². The maximum atomic E-state index is 12.1. The van der Waals surface area contributed by atoms with Gasteiger partial charge in [-0.05, 0) is 24.3 Å². The zero-order chi connectivity index (χ0) is 14.5. The Morgan fingerprint density at radius 2 is 1.45 bits per heavy atom. The largest absolute Gasteiger partial charge is 0.479 e. The number of carbonyl (C=O) groups excluding carboxylic acids is 1. The van der Waals surface area contributed by atoms with Crippen LogP contribution >= 0.6 is 9.47 Å². The van der Waals surface area contributed by atoms with Crippen molar-refractivity contribution < 1.29 is 24.0 Å². The molecule has 102 valence electrons. The number of esters is 1. The van der Waals surface area contributed by atoms with E-state index in [9.17, 15) is 9.59 Å². The van der Waals surface area contributed by atoms with Gasteiger partial charge >= 0.3 is 11.9 Å². The normalized spacial score (nSPS) is 9.85. The average molecular weight is 290 g/mol. The van der Waals surface area contributed by atoms with Crippen LogP contribution in [0.3, 0.4) is 0 Å². The fourth-order valence-electron chi connectivity index (χ4n) is 1.63. The molecule has 2 rings (SSSR count). The molecule has 0 aromatic heterocycles. The monoisotopic (exact) mass is 290 g/mol. The smallest absolute Gasteiger partial charge is 0.347 e. The van der Waals surface area contributed by atoms with Crippen molar-refractivity contribution in [2.45, 2.75) is 0 Å². The minimum Gasteiger partial charge on any atom is -0.479 e. The fraction of sp³-hybridized carbons (Fsp3) is 0. The Hall–Kier alpha value is -2.39. The molecule has 0 aliphatic rings. The van der Waals surface area contributed by atoms with Crippen molar-refractivity contribution in [3.05, 3.63) is 59.7 Å². The van der Waals surface area contributed by atoms with Crippen LogP contribution in [0, 0.1) is 0 Å². The minimum absolute atomic E-state index is 0.0106. The summed E-state index contributed by atoms with van der Waals surface area (Å²) < 4.78 is 10.1. The molecule has 0 saturated carbocycles. The number of rotatable bonds is 4. The van der Waals surface area contributed by atoms with Crippen LogP contribution in [0.25, 0.3) is 0 Å². The Bertz CT molecular complexity index is 654. The highest BCUT2D eigenvalue weighted by Gasteiger charge is 2.17. The van der Waals surface area contributed by atoms with Crippen molar-refractivity contribution in [3.63, 3.8) is 0 Å². The topological polar surface area (TPSA) is 72.8 Å². The van der Waals surface area contributed by atoms with Gasteiger partial charge in [0.2, 0.25) is 0 Å². The third kappa shape index (κ3) is 2.95. The first kappa shape index (κ1) is 14.0. The third-order valence-corrected chi connectivity index (χ3v) is 2.81. The number of aromatic carboxylic acids is 1. The van der Waals surface area contributed by atoms with E-state index in [2.05, 4.69) is 0 Å². The predicted octanol–water partition coefficient (Wildman–Crippen LogP) is 2.77. The van der Waals surface area contributed by atoms with E-state index < -0.39 is 11.9 Å². The van der Waals surface area contributed by atoms with Gasteiger partial charge in [-0.1, -0.05) is 24.3 Å². The van der Waals surface area contributed by atoms with E-state index in [1.54, 1.807) is 30.3 Å². The summed E-state index contributed by atoms with van der Waals surface area (Å²) >= 11 is 0. The molecule has 1 atom stereocenters. The van der Waals surface area contributed by atoms with Crippen LogP contribution in [-0.4, -0.2) is 17.0 Å². The fourth-order valence-corrected chi connectivity index (χ4v) is 1.83. The number of hydrogen-bond acceptors (Lipinski definition) is 4. The van der Waals surface area contributed by atoms with E-state index in [-0.39, 0.29) is 16.9 Å². The molecule has 0 fully saturated rings. The summed E-state index contributed by atoms with van der Waals surface area (Å²) in [6, 6.07) is 12.4. The van der Waals surface area contributed by atoms with Crippen molar-refractivity contribution in [1.82, 2.24) is 0 Å². The van der Waals surface area contributed by atoms with E-state index in [1.165, 1.54) is 18.2 Å². The predicted molar refractivity (Wildman–Crippen MR) is 75.1 cm³/mol. The summed E-state index contributed by atoms with van der Waals surface area (Å²) in [6.07, 6.45) is 0. The first-order chi connectivity index (χ1) is 9.63. The van der Waals surface area contributed by atoms with E-state index in [4.69, 9.17) is 14.4 Å². The SMILES string of the molecule is O=C(O)c1ccccc1OC(=O)c1ccccc1OP.